The second-order valence-corrected chi connectivity index (χ2v) is 7.18. The van der Waals surface area contributed by atoms with Crippen molar-refractivity contribution in [3.8, 4) is 17.2 Å². The fraction of sp³-hybridized carbons (Fsp3) is 0.368. The molecule has 146 valence electrons. The number of carbonyl (C=O) groups excluding carboxylic acids is 1. The number of phenolic OH excluding ortho intramolecular Hbond substituents is 2. The first-order valence-corrected chi connectivity index (χ1v) is 9.83. The highest BCUT2D eigenvalue weighted by atomic mass is 31.1. The van der Waals surface area contributed by atoms with Gasteiger partial charge in [-0.1, -0.05) is 0 Å². The van der Waals surface area contributed by atoms with E-state index < -0.39 is 28.6 Å². The van der Waals surface area contributed by atoms with Crippen molar-refractivity contribution >= 4 is 25.5 Å². The van der Waals surface area contributed by atoms with Crippen molar-refractivity contribution in [2.24, 2.45) is 0 Å². The lowest BCUT2D eigenvalue weighted by atomic mass is 10.1. The van der Waals surface area contributed by atoms with Gasteiger partial charge in [-0.05, 0) is 55.9 Å². The second kappa shape index (κ2) is 9.53. The molecule has 0 saturated heterocycles. The van der Waals surface area contributed by atoms with Crippen LogP contribution in [0, 0.1) is 6.92 Å². The summed E-state index contributed by atoms with van der Waals surface area (Å²) in [6.45, 7) is 4.67. The molecule has 0 heterocycles. The van der Waals surface area contributed by atoms with Crippen LogP contribution in [0.25, 0.3) is 10.8 Å². The number of nitrogens with one attached hydrogen (secondary N) is 1. The van der Waals surface area contributed by atoms with Crippen molar-refractivity contribution in [1.29, 1.82) is 0 Å². The number of fused-ring (bicyclic) bond motifs is 1. The molecule has 1 unspecified atom stereocenters. The Bertz CT molecular complexity index is 900. The number of amides is 1. The predicted molar refractivity (Wildman–Crippen MR) is 106 cm³/mol. The molecule has 0 aliphatic heterocycles. The minimum Gasteiger partial charge on any atom is -0.504 e. The number of benzene rings is 1. The lowest BCUT2D eigenvalue weighted by Gasteiger charge is -2.06. The Kier molecular flexibility index (Phi) is 7.39. The summed E-state index contributed by atoms with van der Waals surface area (Å²) >= 11 is 0. The number of aryl methyl sites for hydroxylation is 1. The maximum atomic E-state index is 12.4. The molecule has 27 heavy (non-hydrogen) atoms. The first kappa shape index (κ1) is 20.9. The van der Waals surface area contributed by atoms with Gasteiger partial charge in [0.05, 0.1) is 5.39 Å². The summed E-state index contributed by atoms with van der Waals surface area (Å²) in [6.07, 6.45) is 2.65. The molecule has 0 saturated carbocycles. The topological polar surface area (TPSA) is 116 Å². The van der Waals surface area contributed by atoms with E-state index in [1.54, 1.807) is 6.92 Å². The molecule has 0 aromatic heterocycles. The fourth-order valence-electron chi connectivity index (χ4n) is 2.65. The van der Waals surface area contributed by atoms with Gasteiger partial charge in [0.1, 0.15) is 0 Å². The average Bonchev–Trinajstić information content (AvgIpc) is 2.76. The summed E-state index contributed by atoms with van der Waals surface area (Å²) < 4.78 is 5.28. The zero-order valence-corrected chi connectivity index (χ0v) is 16.3. The highest BCUT2D eigenvalue weighted by molar-refractivity contribution is 7.32. The third-order valence-electron chi connectivity index (χ3n) is 4.06. The quantitative estimate of drug-likeness (QED) is 0.311. The number of hydrogen-bond acceptors (Lipinski definition) is 6. The zero-order valence-electron chi connectivity index (χ0n) is 15.3. The van der Waals surface area contributed by atoms with Gasteiger partial charge in [0.15, 0.2) is 17.2 Å². The Balaban J connectivity index is 2.22. The first-order chi connectivity index (χ1) is 12.9. The van der Waals surface area contributed by atoms with Crippen molar-refractivity contribution in [2.75, 3.05) is 19.3 Å². The van der Waals surface area contributed by atoms with Gasteiger partial charge in [-0.3, -0.25) is 9.59 Å². The van der Waals surface area contributed by atoms with E-state index in [-0.39, 0.29) is 16.3 Å². The Hall–Kier alpha value is -2.37. The lowest BCUT2D eigenvalue weighted by Crippen LogP contribution is -2.24. The predicted octanol–water partition coefficient (Wildman–Crippen LogP) is 2.77. The van der Waals surface area contributed by atoms with Gasteiger partial charge in [-0.25, -0.2) is 0 Å². The fourth-order valence-corrected chi connectivity index (χ4v) is 3.39. The van der Waals surface area contributed by atoms with E-state index in [0.717, 1.165) is 25.1 Å². The van der Waals surface area contributed by atoms with Gasteiger partial charge in [0, 0.05) is 33.6 Å². The summed E-state index contributed by atoms with van der Waals surface area (Å²) in [7, 11) is 0.462. The third kappa shape index (κ3) is 5.08. The summed E-state index contributed by atoms with van der Waals surface area (Å²) in [5.41, 5.74) is -0.378. The molecule has 2 aromatic rings. The van der Waals surface area contributed by atoms with E-state index >= 15 is 0 Å². The van der Waals surface area contributed by atoms with Crippen LogP contribution < -0.4 is 10.7 Å². The van der Waals surface area contributed by atoms with Crippen molar-refractivity contribution < 1.29 is 24.6 Å². The Morgan fingerprint density at radius 2 is 1.85 bits per heavy atom. The summed E-state index contributed by atoms with van der Waals surface area (Å²) in [5, 5.41) is 32.9. The standard InChI is InChI=1S/C19H24NO6P/c1-3-26-27-7-5-4-6-20-19(25)13-9-12-8-11(2)16(22)18(24)15(12)17(23)14(21)10-13/h8-10,22,24,27H,3-7H2,1-2H3,(H,20,25)(H,21,23). The number of rotatable bonds is 8. The SMILES string of the molecule is CCOPCCCCNC(=O)c1cc(=O)c(O)c2c(O)c(O)c(C)cc2c1. The molecule has 7 nitrogen and oxygen atoms in total. The maximum absolute atomic E-state index is 12.4. The van der Waals surface area contributed by atoms with Crippen LogP contribution in [0.1, 0.15) is 35.7 Å². The van der Waals surface area contributed by atoms with Crippen LogP contribution in [0.2, 0.25) is 0 Å². The summed E-state index contributed by atoms with van der Waals surface area (Å²) in [4.78, 5) is 24.5. The number of phenols is 2. The van der Waals surface area contributed by atoms with Gasteiger partial charge in [0.2, 0.25) is 5.43 Å². The van der Waals surface area contributed by atoms with Gasteiger partial charge >= 0.3 is 0 Å². The molecule has 2 aromatic carbocycles. The van der Waals surface area contributed by atoms with Crippen molar-refractivity contribution in [3.63, 3.8) is 0 Å². The Morgan fingerprint density at radius 1 is 1.11 bits per heavy atom. The Morgan fingerprint density at radius 3 is 2.56 bits per heavy atom. The van der Waals surface area contributed by atoms with Crippen LogP contribution >= 0.6 is 8.81 Å². The molecule has 8 heteroatoms. The molecule has 0 aliphatic rings. The molecule has 0 fully saturated rings. The van der Waals surface area contributed by atoms with Crippen LogP contribution in [-0.2, 0) is 4.52 Å². The summed E-state index contributed by atoms with van der Waals surface area (Å²) in [6, 6.07) is 3.93. The molecule has 1 amide bonds. The zero-order chi connectivity index (χ0) is 20.0. The van der Waals surface area contributed by atoms with Crippen molar-refractivity contribution in [1.82, 2.24) is 5.32 Å². The molecule has 0 spiro atoms. The van der Waals surface area contributed by atoms with E-state index in [1.165, 1.54) is 12.1 Å². The number of carbonyl (C=O) groups is 1. The van der Waals surface area contributed by atoms with Crippen LogP contribution in [0.5, 0.6) is 17.2 Å². The maximum Gasteiger partial charge on any atom is 0.251 e. The highest BCUT2D eigenvalue weighted by Gasteiger charge is 2.16. The molecule has 1 atom stereocenters. The van der Waals surface area contributed by atoms with E-state index in [9.17, 15) is 24.9 Å². The number of aromatic hydroxyl groups is 3. The molecule has 2 rings (SSSR count). The van der Waals surface area contributed by atoms with Crippen LogP contribution in [0.4, 0.5) is 0 Å². The van der Waals surface area contributed by atoms with Crippen LogP contribution in [0.15, 0.2) is 23.0 Å². The lowest BCUT2D eigenvalue weighted by molar-refractivity contribution is 0.0953. The smallest absolute Gasteiger partial charge is 0.251 e. The normalized spacial score (nSPS) is 11.3. The largest absolute Gasteiger partial charge is 0.504 e. The third-order valence-corrected chi connectivity index (χ3v) is 5.11. The molecular weight excluding hydrogens is 369 g/mol. The van der Waals surface area contributed by atoms with Gasteiger partial charge in [-0.2, -0.15) is 0 Å². The molecular formula is C19H24NO6P. The van der Waals surface area contributed by atoms with Gasteiger partial charge in [-0.15, -0.1) is 0 Å². The van der Waals surface area contributed by atoms with Crippen LogP contribution in [0.3, 0.4) is 0 Å². The number of unbranched alkanes of at least 4 members (excludes halogenated alkanes) is 1. The minimum atomic E-state index is -0.813. The van der Waals surface area contributed by atoms with E-state index in [0.29, 0.717) is 27.5 Å². The van der Waals surface area contributed by atoms with Gasteiger partial charge < -0.3 is 25.2 Å². The molecule has 0 radical (unpaired) electrons. The average molecular weight is 393 g/mol. The van der Waals surface area contributed by atoms with E-state index in [1.807, 2.05) is 6.92 Å². The van der Waals surface area contributed by atoms with E-state index in [2.05, 4.69) is 5.32 Å². The summed E-state index contributed by atoms with van der Waals surface area (Å²) in [5.74, 6) is -2.16. The Labute approximate surface area is 158 Å². The highest BCUT2D eigenvalue weighted by Crippen LogP contribution is 2.39. The monoisotopic (exact) mass is 393 g/mol. The number of hydrogen-bond donors (Lipinski definition) is 4. The second-order valence-electron chi connectivity index (χ2n) is 6.10. The van der Waals surface area contributed by atoms with Gasteiger partial charge in [0.25, 0.3) is 5.91 Å². The first-order valence-electron chi connectivity index (χ1n) is 8.72. The molecule has 4 N–H and O–H groups in total. The van der Waals surface area contributed by atoms with Crippen LogP contribution in [-0.4, -0.2) is 40.5 Å². The van der Waals surface area contributed by atoms with E-state index in [4.69, 9.17) is 4.52 Å². The molecule has 0 aliphatic carbocycles. The van der Waals surface area contributed by atoms with Crippen molar-refractivity contribution in [2.45, 2.75) is 26.7 Å². The van der Waals surface area contributed by atoms with Crippen molar-refractivity contribution in [3.05, 3.63) is 39.5 Å². The molecule has 0 bridgehead atoms. The minimum absolute atomic E-state index is 0.0750.